The van der Waals surface area contributed by atoms with Crippen LogP contribution in [0.4, 0.5) is 0 Å². The Bertz CT molecular complexity index is 2610. The van der Waals surface area contributed by atoms with Crippen molar-refractivity contribution in [3.05, 3.63) is 100 Å². The standard InChI is InChI=1S/C20H22N2O3.C19H22N2O3/c1-11-6-15(23)21(9-20(3,4)5)17-13(11)8-14-12(2)7-16(24)22-10-25-19(17)18(14)22;1-10-6-14(22)20-16-12(10)8-13-11(2)7-15(23)21(9-19(3,4)5)17(13)18(16)24/h6-8H,9-10H2,1-5H3;6-8,24H,9H2,1-5H3,(H,20,22). The summed E-state index contributed by atoms with van der Waals surface area (Å²) in [4.78, 5) is 52.1. The Morgan fingerprint density at radius 3 is 1.63 bits per heavy atom. The summed E-state index contributed by atoms with van der Waals surface area (Å²) in [5, 5.41) is 14.5. The van der Waals surface area contributed by atoms with E-state index in [2.05, 4.69) is 31.8 Å². The lowest BCUT2D eigenvalue weighted by Crippen LogP contribution is -2.27. The second-order valence-electron chi connectivity index (χ2n) is 15.9. The molecule has 2 aromatic carbocycles. The van der Waals surface area contributed by atoms with Crippen molar-refractivity contribution in [2.45, 2.75) is 89.1 Å². The van der Waals surface area contributed by atoms with Crippen molar-refractivity contribution in [1.29, 1.82) is 0 Å². The van der Waals surface area contributed by atoms with Gasteiger partial charge in [0.05, 0.1) is 22.1 Å². The number of nitrogens with zero attached hydrogens (tertiary/aromatic N) is 3. The quantitative estimate of drug-likeness (QED) is 0.202. The maximum atomic E-state index is 12.7. The SMILES string of the molecule is Cc1cc(=O)[nH]c2c(O)c3c(cc12)c(C)cc(=O)n3CC(C)(C)C.Cc1cc(=O)n2c3c(c4c(cc13)c(C)cc(=O)n4CC(C)(C)C)OC2. The topological polar surface area (TPSA) is 128 Å². The number of rotatable bonds is 2. The molecular formula is C39H44N4O6. The zero-order chi connectivity index (χ0) is 35.9. The summed E-state index contributed by atoms with van der Waals surface area (Å²) in [5.41, 5.74) is 5.18. The molecule has 0 atom stereocenters. The second-order valence-corrected chi connectivity index (χ2v) is 15.9. The van der Waals surface area contributed by atoms with E-state index in [0.29, 0.717) is 29.9 Å². The van der Waals surface area contributed by atoms with Gasteiger partial charge in [0.2, 0.25) is 5.56 Å². The molecule has 2 N–H and O–H groups in total. The molecule has 0 saturated heterocycles. The number of phenolic OH excluding ortho intramolecular Hbond substituents is 1. The maximum Gasteiger partial charge on any atom is 0.254 e. The maximum absolute atomic E-state index is 12.7. The number of hydrogen-bond acceptors (Lipinski definition) is 6. The number of benzene rings is 2. The van der Waals surface area contributed by atoms with Gasteiger partial charge in [-0.05, 0) is 72.9 Å². The van der Waals surface area contributed by atoms with Crippen LogP contribution in [0.15, 0.2) is 55.6 Å². The van der Waals surface area contributed by atoms with Crippen LogP contribution in [0.5, 0.6) is 11.5 Å². The van der Waals surface area contributed by atoms with E-state index in [1.807, 2.05) is 54.5 Å². The Labute approximate surface area is 283 Å². The lowest BCUT2D eigenvalue weighted by atomic mass is 9.95. The van der Waals surface area contributed by atoms with Crippen LogP contribution in [0.1, 0.15) is 63.8 Å². The smallest absolute Gasteiger partial charge is 0.254 e. The first-order valence-electron chi connectivity index (χ1n) is 16.5. The van der Waals surface area contributed by atoms with E-state index >= 15 is 0 Å². The molecule has 1 aliphatic rings. The minimum absolute atomic E-state index is 0.0347. The monoisotopic (exact) mass is 664 g/mol. The number of fused-ring (bicyclic) bond motifs is 4. The van der Waals surface area contributed by atoms with Gasteiger partial charge in [0.15, 0.2) is 18.2 Å². The van der Waals surface area contributed by atoms with Crippen LogP contribution in [0.3, 0.4) is 0 Å². The molecule has 256 valence electrons. The van der Waals surface area contributed by atoms with Gasteiger partial charge in [0.25, 0.3) is 16.7 Å². The molecule has 0 fully saturated rings. The summed E-state index contributed by atoms with van der Waals surface area (Å²) in [6, 6.07) is 10.5. The number of phenols is 1. The molecule has 0 saturated carbocycles. The number of H-pyrrole nitrogens is 1. The Hall–Kier alpha value is -5.12. The predicted octanol–water partition coefficient (Wildman–Crippen LogP) is 6.54. The van der Waals surface area contributed by atoms with Gasteiger partial charge < -0.3 is 24.0 Å². The number of aromatic hydroxyl groups is 1. The van der Waals surface area contributed by atoms with Gasteiger partial charge in [-0.25, -0.2) is 0 Å². The Balaban J connectivity index is 0.000000170. The number of aromatic amines is 1. The molecule has 49 heavy (non-hydrogen) atoms. The van der Waals surface area contributed by atoms with Crippen LogP contribution < -0.4 is 27.0 Å². The van der Waals surface area contributed by atoms with Gasteiger partial charge in [-0.15, -0.1) is 0 Å². The van der Waals surface area contributed by atoms with Gasteiger partial charge in [-0.2, -0.15) is 0 Å². The van der Waals surface area contributed by atoms with Crippen molar-refractivity contribution in [3.63, 3.8) is 0 Å². The molecular weight excluding hydrogens is 620 g/mol. The van der Waals surface area contributed by atoms with E-state index < -0.39 is 0 Å². The van der Waals surface area contributed by atoms with E-state index in [9.17, 15) is 24.3 Å². The molecule has 10 nitrogen and oxygen atoms in total. The summed E-state index contributed by atoms with van der Waals surface area (Å²) in [6.45, 7) is 21.3. The van der Waals surface area contributed by atoms with E-state index in [-0.39, 0.29) is 45.5 Å². The molecule has 0 radical (unpaired) electrons. The molecule has 6 aromatic rings. The molecule has 1 aliphatic heterocycles. The molecule has 0 unspecified atom stereocenters. The van der Waals surface area contributed by atoms with Crippen molar-refractivity contribution >= 4 is 43.6 Å². The molecule has 0 aliphatic carbocycles. The zero-order valence-corrected chi connectivity index (χ0v) is 29.9. The summed E-state index contributed by atoms with van der Waals surface area (Å²) in [6.07, 6.45) is 0. The van der Waals surface area contributed by atoms with Crippen LogP contribution in [0.2, 0.25) is 0 Å². The van der Waals surface area contributed by atoms with Gasteiger partial charge in [-0.1, -0.05) is 41.5 Å². The van der Waals surface area contributed by atoms with Crippen LogP contribution >= 0.6 is 0 Å². The van der Waals surface area contributed by atoms with Gasteiger partial charge >= 0.3 is 0 Å². The van der Waals surface area contributed by atoms with Gasteiger partial charge in [0.1, 0.15) is 0 Å². The second kappa shape index (κ2) is 11.5. The van der Waals surface area contributed by atoms with E-state index in [4.69, 9.17) is 4.74 Å². The van der Waals surface area contributed by atoms with Crippen LogP contribution in [-0.4, -0.2) is 23.8 Å². The minimum atomic E-state index is -0.271. The normalized spacial score (nSPS) is 12.9. The Kier molecular flexibility index (Phi) is 7.92. The molecule has 0 spiro atoms. The Morgan fingerprint density at radius 1 is 0.633 bits per heavy atom. The fourth-order valence-electron chi connectivity index (χ4n) is 6.89. The van der Waals surface area contributed by atoms with Crippen LogP contribution in [-0.2, 0) is 19.8 Å². The number of aryl methyl sites for hydroxylation is 4. The van der Waals surface area contributed by atoms with E-state index in [1.54, 1.807) is 31.9 Å². The zero-order valence-electron chi connectivity index (χ0n) is 29.9. The summed E-state index contributed by atoms with van der Waals surface area (Å²) >= 11 is 0. The number of hydrogen-bond donors (Lipinski definition) is 2. The summed E-state index contributed by atoms with van der Waals surface area (Å²) in [7, 11) is 0. The third-order valence-electron chi connectivity index (χ3n) is 9.03. The molecule has 0 amide bonds. The number of aromatic nitrogens is 4. The molecule has 5 heterocycles. The fourth-order valence-corrected chi connectivity index (χ4v) is 6.89. The van der Waals surface area contributed by atoms with Crippen molar-refractivity contribution in [2.75, 3.05) is 0 Å². The number of pyridine rings is 4. The van der Waals surface area contributed by atoms with Crippen LogP contribution in [0.25, 0.3) is 43.6 Å². The lowest BCUT2D eigenvalue weighted by Gasteiger charge is -2.23. The Morgan fingerprint density at radius 2 is 1.08 bits per heavy atom. The fraction of sp³-hybridized carbons (Fsp3) is 0.385. The average molecular weight is 665 g/mol. The van der Waals surface area contributed by atoms with Crippen LogP contribution in [0, 0.1) is 38.5 Å². The van der Waals surface area contributed by atoms with E-state index in [0.717, 1.165) is 54.8 Å². The minimum Gasteiger partial charge on any atom is -0.504 e. The van der Waals surface area contributed by atoms with Crippen molar-refractivity contribution in [2.24, 2.45) is 10.8 Å². The molecule has 0 bridgehead atoms. The van der Waals surface area contributed by atoms with Crippen molar-refractivity contribution in [3.8, 4) is 11.5 Å². The molecule has 7 rings (SSSR count). The average Bonchev–Trinajstić information content (AvgIpc) is 3.42. The first kappa shape index (κ1) is 33.8. The highest BCUT2D eigenvalue weighted by molar-refractivity contribution is 6.05. The molecule has 4 aromatic heterocycles. The first-order chi connectivity index (χ1) is 22.8. The third-order valence-corrected chi connectivity index (χ3v) is 9.03. The predicted molar refractivity (Wildman–Crippen MR) is 196 cm³/mol. The highest BCUT2D eigenvalue weighted by Gasteiger charge is 2.26. The largest absolute Gasteiger partial charge is 0.504 e. The number of ether oxygens (including phenoxy) is 1. The van der Waals surface area contributed by atoms with Gasteiger partial charge in [-0.3, -0.25) is 23.7 Å². The summed E-state index contributed by atoms with van der Waals surface area (Å²) < 4.78 is 11.0. The van der Waals surface area contributed by atoms with E-state index in [1.165, 1.54) is 6.07 Å². The van der Waals surface area contributed by atoms with Crippen molar-refractivity contribution in [1.82, 2.24) is 18.7 Å². The van der Waals surface area contributed by atoms with Gasteiger partial charge in [0, 0.05) is 58.9 Å². The first-order valence-corrected chi connectivity index (χ1v) is 16.5. The highest BCUT2D eigenvalue weighted by atomic mass is 16.5. The third kappa shape index (κ3) is 5.94. The summed E-state index contributed by atoms with van der Waals surface area (Å²) in [5.74, 6) is 0.603. The highest BCUT2D eigenvalue weighted by Crippen LogP contribution is 2.40. The lowest BCUT2D eigenvalue weighted by molar-refractivity contribution is 0.267. The molecule has 10 heteroatoms. The number of nitrogens with one attached hydrogen (secondary N) is 1. The van der Waals surface area contributed by atoms with Crippen molar-refractivity contribution < 1.29 is 9.84 Å².